The summed E-state index contributed by atoms with van der Waals surface area (Å²) in [5.74, 6) is 1.84. The molecular formula is C32H35N3O2. The maximum atomic E-state index is 11.4. The third-order valence-electron chi connectivity index (χ3n) is 7.05. The van der Waals surface area contributed by atoms with Gasteiger partial charge in [-0.05, 0) is 82.3 Å². The highest BCUT2D eigenvalue weighted by Crippen LogP contribution is 2.39. The first-order chi connectivity index (χ1) is 17.9. The fraction of sp³-hybridized carbons (Fsp3) is 0.281. The van der Waals surface area contributed by atoms with Crippen LogP contribution in [0.4, 0.5) is 5.69 Å². The number of aryl methyl sites for hydroxylation is 2. The van der Waals surface area contributed by atoms with Crippen molar-refractivity contribution in [2.24, 2.45) is 0 Å². The topological polar surface area (TPSA) is 61.5 Å². The average molecular weight is 494 g/mol. The summed E-state index contributed by atoms with van der Waals surface area (Å²) >= 11 is 0. The van der Waals surface area contributed by atoms with E-state index >= 15 is 0 Å². The number of anilines is 1. The van der Waals surface area contributed by atoms with Crippen LogP contribution in [0.15, 0.2) is 83.9 Å². The van der Waals surface area contributed by atoms with E-state index in [1.54, 1.807) is 12.5 Å². The van der Waals surface area contributed by atoms with Crippen LogP contribution in [0.5, 0.6) is 5.75 Å². The van der Waals surface area contributed by atoms with E-state index in [1.165, 1.54) is 22.3 Å². The Kier molecular flexibility index (Phi) is 7.04. The van der Waals surface area contributed by atoms with Crippen molar-refractivity contribution < 1.29 is 9.52 Å². The lowest BCUT2D eigenvalue weighted by Gasteiger charge is -2.21. The van der Waals surface area contributed by atoms with Crippen molar-refractivity contribution >= 4 is 5.69 Å². The molecule has 2 N–H and O–H groups in total. The number of aromatic nitrogens is 1. The van der Waals surface area contributed by atoms with Crippen molar-refractivity contribution in [3.05, 3.63) is 102 Å². The number of nitrogens with one attached hydrogen (secondary N) is 1. The second-order valence-electron chi connectivity index (χ2n) is 10.4. The van der Waals surface area contributed by atoms with E-state index in [4.69, 9.17) is 4.42 Å². The van der Waals surface area contributed by atoms with Crippen molar-refractivity contribution in [3.8, 4) is 28.3 Å². The third-order valence-corrected chi connectivity index (χ3v) is 7.05. The molecule has 5 heteroatoms. The van der Waals surface area contributed by atoms with Gasteiger partial charge in [0, 0.05) is 18.0 Å². The number of hydrogen-bond acceptors (Lipinski definition) is 5. The molecule has 0 bridgehead atoms. The quantitative estimate of drug-likeness (QED) is 0.265. The molecule has 0 saturated heterocycles. The van der Waals surface area contributed by atoms with Gasteiger partial charge in [-0.3, -0.25) is 0 Å². The van der Waals surface area contributed by atoms with E-state index in [1.807, 2.05) is 24.5 Å². The summed E-state index contributed by atoms with van der Waals surface area (Å²) in [6, 6.07) is 19.5. The average Bonchev–Trinajstić information content (AvgIpc) is 3.63. The molecular weight excluding hydrogens is 458 g/mol. The molecule has 1 aromatic heterocycles. The standard InChI is InChI=1S/C32H35N3O2/c1-21(2)26-16-27(22(3)4)18-28(17-26)29-15-24(31(36)30(19-29)35-12-10-33-20-35)9-8-23-6-5-7-25(14-23)32-34-11-13-37-32/h5-7,10-19,21-22,33,36H,8-9,20H2,1-4H3. The van der Waals surface area contributed by atoms with Crippen LogP contribution in [0.2, 0.25) is 0 Å². The molecule has 2 heterocycles. The number of benzene rings is 3. The summed E-state index contributed by atoms with van der Waals surface area (Å²) in [4.78, 5) is 6.33. The van der Waals surface area contributed by atoms with E-state index in [-0.39, 0.29) is 0 Å². The van der Waals surface area contributed by atoms with Crippen LogP contribution in [0.1, 0.15) is 61.8 Å². The number of aromatic hydroxyl groups is 1. The molecule has 0 fully saturated rings. The Morgan fingerprint density at radius 3 is 2.32 bits per heavy atom. The Balaban J connectivity index is 1.53. The molecule has 190 valence electrons. The minimum atomic E-state index is 0.338. The van der Waals surface area contributed by atoms with Crippen LogP contribution < -0.4 is 10.2 Å². The van der Waals surface area contributed by atoms with Crippen LogP contribution in [-0.4, -0.2) is 16.8 Å². The SMILES string of the molecule is CC(C)c1cc(-c2cc(CCc3cccc(-c4ncco4)c3)c(O)c(N3C=CNC3)c2)cc(C(C)C)c1. The van der Waals surface area contributed by atoms with Crippen LogP contribution in [0, 0.1) is 0 Å². The minimum absolute atomic E-state index is 0.338. The van der Waals surface area contributed by atoms with Gasteiger partial charge in [0.05, 0.1) is 18.6 Å². The molecule has 0 unspecified atom stereocenters. The molecule has 0 atom stereocenters. The first kappa shape index (κ1) is 24.7. The summed E-state index contributed by atoms with van der Waals surface area (Å²) in [7, 11) is 0. The Hall–Kier alpha value is -3.99. The molecule has 37 heavy (non-hydrogen) atoms. The van der Waals surface area contributed by atoms with Gasteiger partial charge < -0.3 is 19.7 Å². The zero-order chi connectivity index (χ0) is 25.9. The maximum Gasteiger partial charge on any atom is 0.225 e. The lowest BCUT2D eigenvalue weighted by atomic mass is 9.89. The maximum absolute atomic E-state index is 11.4. The lowest BCUT2D eigenvalue weighted by Crippen LogP contribution is -2.20. The molecule has 0 spiro atoms. The van der Waals surface area contributed by atoms with E-state index in [0.717, 1.165) is 28.8 Å². The summed E-state index contributed by atoms with van der Waals surface area (Å²) in [5, 5.41) is 14.6. The van der Waals surface area contributed by atoms with Gasteiger partial charge >= 0.3 is 0 Å². The van der Waals surface area contributed by atoms with Crippen molar-refractivity contribution in [2.75, 3.05) is 11.6 Å². The van der Waals surface area contributed by atoms with Crippen LogP contribution >= 0.6 is 0 Å². The van der Waals surface area contributed by atoms with E-state index in [2.05, 4.69) is 85.4 Å². The Bertz CT molecular complexity index is 1380. The van der Waals surface area contributed by atoms with Crippen LogP contribution in [0.25, 0.3) is 22.6 Å². The Labute approximate surface area is 219 Å². The molecule has 4 aromatic rings. The molecule has 3 aromatic carbocycles. The van der Waals surface area contributed by atoms with Crippen LogP contribution in [0.3, 0.4) is 0 Å². The predicted octanol–water partition coefficient (Wildman–Crippen LogP) is 7.58. The summed E-state index contributed by atoms with van der Waals surface area (Å²) in [6.45, 7) is 9.60. The van der Waals surface area contributed by atoms with Crippen molar-refractivity contribution in [1.29, 1.82) is 0 Å². The summed E-state index contributed by atoms with van der Waals surface area (Å²) < 4.78 is 5.48. The Morgan fingerprint density at radius 1 is 0.919 bits per heavy atom. The summed E-state index contributed by atoms with van der Waals surface area (Å²) in [6.07, 6.45) is 8.65. The smallest absolute Gasteiger partial charge is 0.225 e. The normalized spacial score (nSPS) is 13.1. The van der Waals surface area contributed by atoms with Crippen LogP contribution in [-0.2, 0) is 12.8 Å². The first-order valence-electron chi connectivity index (χ1n) is 13.1. The largest absolute Gasteiger partial charge is 0.505 e. The molecule has 0 radical (unpaired) electrons. The Morgan fingerprint density at radius 2 is 1.68 bits per heavy atom. The van der Waals surface area contributed by atoms with Gasteiger partial charge in [0.1, 0.15) is 12.0 Å². The first-order valence-corrected chi connectivity index (χ1v) is 13.1. The zero-order valence-corrected chi connectivity index (χ0v) is 22.0. The van der Waals surface area contributed by atoms with Gasteiger partial charge in [0.15, 0.2) is 0 Å². The second-order valence-corrected chi connectivity index (χ2v) is 10.4. The molecule has 5 rings (SSSR count). The fourth-order valence-electron chi connectivity index (χ4n) is 4.78. The van der Waals surface area contributed by atoms with Gasteiger partial charge in [0.25, 0.3) is 0 Å². The minimum Gasteiger partial charge on any atom is -0.505 e. The highest BCUT2D eigenvalue weighted by molar-refractivity contribution is 5.76. The highest BCUT2D eigenvalue weighted by atomic mass is 16.3. The molecule has 0 amide bonds. The molecule has 5 nitrogen and oxygen atoms in total. The second kappa shape index (κ2) is 10.6. The van der Waals surface area contributed by atoms with E-state index < -0.39 is 0 Å². The zero-order valence-electron chi connectivity index (χ0n) is 22.0. The predicted molar refractivity (Wildman–Crippen MR) is 151 cm³/mol. The van der Waals surface area contributed by atoms with Gasteiger partial charge in [-0.2, -0.15) is 0 Å². The number of rotatable bonds is 8. The number of phenolic OH excluding ortho intramolecular Hbond substituents is 1. The van der Waals surface area contributed by atoms with Gasteiger partial charge in [-0.15, -0.1) is 0 Å². The third kappa shape index (κ3) is 5.41. The molecule has 0 aliphatic carbocycles. The van der Waals surface area contributed by atoms with Crippen molar-refractivity contribution in [1.82, 2.24) is 10.3 Å². The number of nitrogens with zero attached hydrogens (tertiary/aromatic N) is 2. The van der Waals surface area contributed by atoms with Crippen molar-refractivity contribution in [2.45, 2.75) is 52.4 Å². The lowest BCUT2D eigenvalue weighted by molar-refractivity contribution is 0.468. The molecule has 0 saturated carbocycles. The number of hydrogen-bond donors (Lipinski definition) is 2. The number of oxazole rings is 1. The summed E-state index contributed by atoms with van der Waals surface area (Å²) in [5.41, 5.74) is 8.89. The monoisotopic (exact) mass is 493 g/mol. The van der Waals surface area contributed by atoms with E-state index in [9.17, 15) is 5.11 Å². The fourth-order valence-corrected chi connectivity index (χ4v) is 4.78. The van der Waals surface area contributed by atoms with Crippen molar-refractivity contribution in [3.63, 3.8) is 0 Å². The van der Waals surface area contributed by atoms with E-state index in [0.29, 0.717) is 36.6 Å². The number of phenols is 1. The van der Waals surface area contributed by atoms with Gasteiger partial charge in [-0.25, -0.2) is 4.98 Å². The van der Waals surface area contributed by atoms with Gasteiger partial charge in [0.2, 0.25) is 5.89 Å². The molecule has 1 aliphatic heterocycles. The van der Waals surface area contributed by atoms with Gasteiger partial charge in [-0.1, -0.05) is 58.0 Å². The molecule has 1 aliphatic rings. The highest BCUT2D eigenvalue weighted by Gasteiger charge is 2.18.